The highest BCUT2D eigenvalue weighted by molar-refractivity contribution is 5.77. The minimum atomic E-state index is -4.70. The number of fused-ring (bicyclic) bond motifs is 2. The third kappa shape index (κ3) is 3.33. The maximum atomic E-state index is 12.8. The van der Waals surface area contributed by atoms with Crippen molar-refractivity contribution in [3.63, 3.8) is 0 Å². The van der Waals surface area contributed by atoms with Crippen LogP contribution >= 0.6 is 0 Å². The average Bonchev–Trinajstić information content (AvgIpc) is 2.64. The summed E-state index contributed by atoms with van der Waals surface area (Å²) < 4.78 is 44.0. The molecule has 0 amide bonds. The summed E-state index contributed by atoms with van der Waals surface area (Å²) in [5.41, 5.74) is 1.23. The molecule has 0 radical (unpaired) electrons. The van der Waals surface area contributed by atoms with E-state index in [0.29, 0.717) is 23.1 Å². The molecule has 1 N–H and O–H groups in total. The molecule has 9 heteroatoms. The molecule has 4 rings (SSSR count). The molecule has 3 aromatic rings. The number of hydrogen-bond donors (Lipinski definition) is 1. The van der Waals surface area contributed by atoms with Crippen molar-refractivity contribution in [3.05, 3.63) is 73.2 Å². The van der Waals surface area contributed by atoms with Gasteiger partial charge in [-0.05, 0) is 19.1 Å². The van der Waals surface area contributed by atoms with Crippen LogP contribution in [0.2, 0.25) is 0 Å². The minimum absolute atomic E-state index is 0.112. The van der Waals surface area contributed by atoms with E-state index in [-0.39, 0.29) is 36.2 Å². The predicted octanol–water partition coefficient (Wildman–Crippen LogP) is 2.76. The Hall–Kier alpha value is -2.94. The first-order valence-corrected chi connectivity index (χ1v) is 8.65. The molecule has 0 unspecified atom stereocenters. The normalized spacial score (nSPS) is 15.0. The molecule has 1 aliphatic heterocycles. The van der Waals surface area contributed by atoms with Gasteiger partial charge in [0.1, 0.15) is 5.58 Å². The fraction of sp³-hybridized carbons (Fsp3) is 0.316. The zero-order valence-corrected chi connectivity index (χ0v) is 14.9. The van der Waals surface area contributed by atoms with Crippen LogP contribution in [0.3, 0.4) is 0 Å². The van der Waals surface area contributed by atoms with Gasteiger partial charge in [0.15, 0.2) is 5.43 Å². The van der Waals surface area contributed by atoms with Gasteiger partial charge >= 0.3 is 6.18 Å². The molecule has 0 atom stereocenters. The number of alkyl halides is 3. The van der Waals surface area contributed by atoms with Gasteiger partial charge in [0.25, 0.3) is 5.56 Å². The Morgan fingerprint density at radius 2 is 2.07 bits per heavy atom. The van der Waals surface area contributed by atoms with Crippen LogP contribution in [0, 0.1) is 6.92 Å². The molecule has 1 aromatic carbocycles. The largest absolute Gasteiger partial charge is 0.464 e. The number of nitrogens with one attached hydrogen (secondary N) is 1. The van der Waals surface area contributed by atoms with Crippen LogP contribution in [-0.2, 0) is 25.7 Å². The van der Waals surface area contributed by atoms with Gasteiger partial charge in [-0.15, -0.1) is 0 Å². The first-order chi connectivity index (χ1) is 13.2. The lowest BCUT2D eigenvalue weighted by Crippen LogP contribution is -2.37. The van der Waals surface area contributed by atoms with Gasteiger partial charge in [0.2, 0.25) is 5.82 Å². The zero-order valence-electron chi connectivity index (χ0n) is 14.9. The highest BCUT2D eigenvalue weighted by Crippen LogP contribution is 2.26. The van der Waals surface area contributed by atoms with Gasteiger partial charge in [0, 0.05) is 31.6 Å². The quantitative estimate of drug-likeness (QED) is 0.727. The molecule has 0 spiro atoms. The van der Waals surface area contributed by atoms with E-state index in [9.17, 15) is 22.8 Å². The Morgan fingerprint density at radius 3 is 2.82 bits per heavy atom. The van der Waals surface area contributed by atoms with Gasteiger partial charge in [0.05, 0.1) is 22.9 Å². The van der Waals surface area contributed by atoms with Crippen LogP contribution in [0.15, 0.2) is 38.5 Å². The average molecular weight is 391 g/mol. The molecule has 3 heterocycles. The van der Waals surface area contributed by atoms with Crippen LogP contribution in [0.25, 0.3) is 11.0 Å². The monoisotopic (exact) mass is 391 g/mol. The van der Waals surface area contributed by atoms with E-state index >= 15 is 0 Å². The topological polar surface area (TPSA) is 79.2 Å². The van der Waals surface area contributed by atoms with Gasteiger partial charge in [-0.2, -0.15) is 13.2 Å². The summed E-state index contributed by atoms with van der Waals surface area (Å²) in [5.74, 6) is -1.28. The van der Waals surface area contributed by atoms with Crippen molar-refractivity contribution in [1.29, 1.82) is 0 Å². The van der Waals surface area contributed by atoms with Gasteiger partial charge < -0.3 is 9.40 Å². The molecule has 28 heavy (non-hydrogen) atoms. The maximum absolute atomic E-state index is 12.8. The summed E-state index contributed by atoms with van der Waals surface area (Å²) in [5, 5.41) is 0.476. The van der Waals surface area contributed by atoms with Crippen LogP contribution in [0.4, 0.5) is 13.2 Å². The van der Waals surface area contributed by atoms with E-state index in [1.54, 1.807) is 17.1 Å². The Labute approximate surface area is 156 Å². The van der Waals surface area contributed by atoms with E-state index in [1.165, 1.54) is 6.26 Å². The van der Waals surface area contributed by atoms with Crippen molar-refractivity contribution in [2.75, 3.05) is 6.54 Å². The van der Waals surface area contributed by atoms with Crippen molar-refractivity contribution >= 4 is 11.0 Å². The molecule has 0 fully saturated rings. The van der Waals surface area contributed by atoms with E-state index in [0.717, 1.165) is 5.56 Å². The summed E-state index contributed by atoms with van der Waals surface area (Å²) >= 11 is 0. The number of aromatic amines is 1. The first kappa shape index (κ1) is 18.4. The van der Waals surface area contributed by atoms with Crippen LogP contribution < -0.4 is 11.0 Å². The van der Waals surface area contributed by atoms with Crippen LogP contribution in [0.1, 0.15) is 28.2 Å². The van der Waals surface area contributed by atoms with Crippen molar-refractivity contribution in [2.24, 2.45) is 0 Å². The van der Waals surface area contributed by atoms with Crippen molar-refractivity contribution in [1.82, 2.24) is 14.9 Å². The zero-order chi connectivity index (χ0) is 20.1. The summed E-state index contributed by atoms with van der Waals surface area (Å²) in [7, 11) is 0. The summed E-state index contributed by atoms with van der Waals surface area (Å²) in [6, 6.07) is 5.33. The fourth-order valence-corrected chi connectivity index (χ4v) is 3.39. The fourth-order valence-electron chi connectivity index (χ4n) is 3.39. The second-order valence-corrected chi connectivity index (χ2v) is 6.89. The smallest absolute Gasteiger partial charge is 0.449 e. The van der Waals surface area contributed by atoms with Gasteiger partial charge in [-0.25, -0.2) is 4.98 Å². The van der Waals surface area contributed by atoms with Crippen LogP contribution in [0.5, 0.6) is 0 Å². The predicted molar refractivity (Wildman–Crippen MR) is 94.9 cm³/mol. The van der Waals surface area contributed by atoms with E-state index < -0.39 is 17.6 Å². The van der Waals surface area contributed by atoms with E-state index in [1.807, 2.05) is 17.9 Å². The second-order valence-electron chi connectivity index (χ2n) is 6.89. The van der Waals surface area contributed by atoms with Crippen molar-refractivity contribution in [3.8, 4) is 0 Å². The SMILES string of the molecule is Cc1ccc2occ(CN3CCc4nc(C(F)(F)F)[nH]c(=O)c4C3)c(=O)c2c1. The summed E-state index contributed by atoms with van der Waals surface area (Å²) in [4.78, 5) is 32.0. The second kappa shape index (κ2) is 6.59. The van der Waals surface area contributed by atoms with Crippen molar-refractivity contribution < 1.29 is 17.6 Å². The maximum Gasteiger partial charge on any atom is 0.449 e. The molecule has 0 saturated heterocycles. The summed E-state index contributed by atoms with van der Waals surface area (Å²) in [6.07, 6.45) is -3.11. The molecule has 0 aliphatic carbocycles. The Kier molecular flexibility index (Phi) is 4.34. The number of benzene rings is 1. The summed E-state index contributed by atoms with van der Waals surface area (Å²) in [6.45, 7) is 2.60. The molecular weight excluding hydrogens is 375 g/mol. The van der Waals surface area contributed by atoms with Crippen LogP contribution in [-0.4, -0.2) is 21.4 Å². The minimum Gasteiger partial charge on any atom is -0.464 e. The molecule has 146 valence electrons. The lowest BCUT2D eigenvalue weighted by atomic mass is 10.1. The Bertz CT molecular complexity index is 1180. The number of halogens is 3. The molecular formula is C19H16F3N3O3. The molecule has 6 nitrogen and oxygen atoms in total. The van der Waals surface area contributed by atoms with E-state index in [4.69, 9.17) is 4.42 Å². The standard InChI is InChI=1S/C19H16F3N3O3/c1-10-2-3-15-12(6-10)16(26)11(9-28-15)7-25-5-4-14-13(8-25)17(27)24-18(23-14)19(20,21)22/h2-3,6,9H,4-5,7-8H2,1H3,(H,23,24,27). The molecule has 2 aromatic heterocycles. The highest BCUT2D eigenvalue weighted by atomic mass is 19.4. The molecule has 0 saturated carbocycles. The third-order valence-electron chi connectivity index (χ3n) is 4.81. The van der Waals surface area contributed by atoms with Crippen molar-refractivity contribution in [2.45, 2.75) is 32.6 Å². The molecule has 1 aliphatic rings. The number of nitrogens with zero attached hydrogens (tertiary/aromatic N) is 2. The highest BCUT2D eigenvalue weighted by Gasteiger charge is 2.36. The Balaban J connectivity index is 1.62. The third-order valence-corrected chi connectivity index (χ3v) is 4.81. The number of hydrogen-bond acceptors (Lipinski definition) is 5. The molecule has 0 bridgehead atoms. The van der Waals surface area contributed by atoms with Gasteiger partial charge in [-0.3, -0.25) is 14.5 Å². The number of H-pyrrole nitrogens is 1. The number of rotatable bonds is 2. The lowest BCUT2D eigenvalue weighted by molar-refractivity contribution is -0.145. The number of aromatic nitrogens is 2. The Morgan fingerprint density at radius 1 is 1.29 bits per heavy atom. The lowest BCUT2D eigenvalue weighted by Gasteiger charge is -2.27. The number of aryl methyl sites for hydroxylation is 1. The first-order valence-electron chi connectivity index (χ1n) is 8.65. The van der Waals surface area contributed by atoms with E-state index in [2.05, 4.69) is 4.98 Å². The van der Waals surface area contributed by atoms with Gasteiger partial charge in [-0.1, -0.05) is 11.6 Å².